The maximum absolute atomic E-state index is 5.79. The fraction of sp³-hybridized carbons (Fsp3) is 0.100. The number of aryl methyl sites for hydroxylation is 1. The molecular formula is C10H7Cl2N3. The lowest BCUT2D eigenvalue weighted by Crippen LogP contribution is -1.94. The highest BCUT2D eigenvalue weighted by Gasteiger charge is 2.08. The molecule has 0 saturated heterocycles. The molecule has 0 aromatic carbocycles. The van der Waals surface area contributed by atoms with E-state index in [1.807, 2.05) is 19.1 Å². The number of pyridine rings is 1. The van der Waals surface area contributed by atoms with Crippen molar-refractivity contribution >= 4 is 23.2 Å². The minimum absolute atomic E-state index is 0.315. The molecule has 5 heteroatoms. The van der Waals surface area contributed by atoms with Crippen molar-refractivity contribution in [3.8, 4) is 11.5 Å². The van der Waals surface area contributed by atoms with Gasteiger partial charge < -0.3 is 0 Å². The number of aromatic nitrogens is 3. The molecule has 0 N–H and O–H groups in total. The Hall–Kier alpha value is -1.19. The molecule has 0 aliphatic heterocycles. The zero-order valence-corrected chi connectivity index (χ0v) is 9.42. The van der Waals surface area contributed by atoms with Gasteiger partial charge in [-0.05, 0) is 18.6 Å². The SMILES string of the molecule is Cc1cccnc1-c1nc(Cl)cc(Cl)n1. The van der Waals surface area contributed by atoms with Crippen LogP contribution in [0.4, 0.5) is 0 Å². The molecule has 2 aromatic rings. The van der Waals surface area contributed by atoms with E-state index in [-0.39, 0.29) is 0 Å². The van der Waals surface area contributed by atoms with Gasteiger partial charge in [-0.2, -0.15) is 0 Å². The van der Waals surface area contributed by atoms with E-state index in [2.05, 4.69) is 15.0 Å². The first-order valence-electron chi connectivity index (χ1n) is 4.29. The standard InChI is InChI=1S/C10H7Cl2N3/c1-6-3-2-4-13-9(6)10-14-7(11)5-8(12)15-10/h2-5H,1H3. The second kappa shape index (κ2) is 4.13. The van der Waals surface area contributed by atoms with Crippen LogP contribution in [-0.4, -0.2) is 15.0 Å². The van der Waals surface area contributed by atoms with Crippen LogP contribution in [0.1, 0.15) is 5.56 Å². The van der Waals surface area contributed by atoms with Crippen molar-refractivity contribution < 1.29 is 0 Å². The van der Waals surface area contributed by atoms with E-state index in [4.69, 9.17) is 23.2 Å². The molecule has 0 amide bonds. The van der Waals surface area contributed by atoms with Gasteiger partial charge in [0.15, 0.2) is 5.82 Å². The molecule has 0 aliphatic rings. The number of halogens is 2. The Morgan fingerprint density at radius 1 is 1.13 bits per heavy atom. The minimum atomic E-state index is 0.315. The first-order chi connectivity index (χ1) is 7.16. The molecule has 0 radical (unpaired) electrons. The second-order valence-corrected chi connectivity index (χ2v) is 3.78. The molecule has 76 valence electrons. The van der Waals surface area contributed by atoms with E-state index in [0.717, 1.165) is 5.56 Å². The van der Waals surface area contributed by atoms with Crippen LogP contribution in [0.2, 0.25) is 10.3 Å². The summed E-state index contributed by atoms with van der Waals surface area (Å²) in [6.45, 7) is 1.93. The number of rotatable bonds is 1. The Kier molecular flexibility index (Phi) is 2.84. The third-order valence-corrected chi connectivity index (χ3v) is 2.27. The van der Waals surface area contributed by atoms with Crippen LogP contribution in [0.3, 0.4) is 0 Å². The molecule has 0 bridgehead atoms. The Bertz CT molecular complexity index is 480. The van der Waals surface area contributed by atoms with Gasteiger partial charge in [-0.1, -0.05) is 29.3 Å². The predicted molar refractivity (Wildman–Crippen MR) is 60.0 cm³/mol. The van der Waals surface area contributed by atoms with Gasteiger partial charge in [0.2, 0.25) is 0 Å². The lowest BCUT2D eigenvalue weighted by molar-refractivity contribution is 1.12. The fourth-order valence-electron chi connectivity index (χ4n) is 1.22. The van der Waals surface area contributed by atoms with E-state index >= 15 is 0 Å². The molecule has 0 saturated carbocycles. The van der Waals surface area contributed by atoms with Crippen molar-refractivity contribution in [3.05, 3.63) is 40.3 Å². The summed E-state index contributed by atoms with van der Waals surface area (Å²) in [6.07, 6.45) is 1.68. The highest BCUT2D eigenvalue weighted by Crippen LogP contribution is 2.20. The van der Waals surface area contributed by atoms with Crippen LogP contribution in [0.15, 0.2) is 24.4 Å². The Morgan fingerprint density at radius 2 is 1.80 bits per heavy atom. The number of hydrogen-bond donors (Lipinski definition) is 0. The predicted octanol–water partition coefficient (Wildman–Crippen LogP) is 3.15. The summed E-state index contributed by atoms with van der Waals surface area (Å²) in [5, 5.41) is 0.630. The summed E-state index contributed by atoms with van der Waals surface area (Å²) in [5.74, 6) is 0.450. The third-order valence-electron chi connectivity index (χ3n) is 1.88. The first kappa shape index (κ1) is 10.3. The molecule has 2 heterocycles. The van der Waals surface area contributed by atoms with Gasteiger partial charge in [-0.25, -0.2) is 9.97 Å². The zero-order valence-electron chi connectivity index (χ0n) is 7.91. The van der Waals surface area contributed by atoms with Gasteiger partial charge in [0, 0.05) is 12.3 Å². The van der Waals surface area contributed by atoms with Crippen LogP contribution in [0.5, 0.6) is 0 Å². The van der Waals surface area contributed by atoms with Gasteiger partial charge in [0.05, 0.1) is 0 Å². The lowest BCUT2D eigenvalue weighted by Gasteiger charge is -2.03. The molecule has 0 fully saturated rings. The van der Waals surface area contributed by atoms with Gasteiger partial charge in [-0.3, -0.25) is 4.98 Å². The van der Waals surface area contributed by atoms with E-state index in [1.165, 1.54) is 6.07 Å². The molecular weight excluding hydrogens is 233 g/mol. The Balaban J connectivity index is 2.59. The first-order valence-corrected chi connectivity index (χ1v) is 5.04. The van der Waals surface area contributed by atoms with Crippen LogP contribution in [0, 0.1) is 6.92 Å². The van der Waals surface area contributed by atoms with Crippen molar-refractivity contribution in [1.29, 1.82) is 0 Å². The third kappa shape index (κ3) is 2.25. The lowest BCUT2D eigenvalue weighted by atomic mass is 10.2. The Labute approximate surface area is 97.1 Å². The van der Waals surface area contributed by atoms with Crippen LogP contribution in [-0.2, 0) is 0 Å². The van der Waals surface area contributed by atoms with Gasteiger partial charge in [-0.15, -0.1) is 0 Å². The van der Waals surface area contributed by atoms with E-state index in [1.54, 1.807) is 6.20 Å². The van der Waals surface area contributed by atoms with Crippen molar-refractivity contribution in [2.24, 2.45) is 0 Å². The number of nitrogens with zero attached hydrogens (tertiary/aromatic N) is 3. The zero-order chi connectivity index (χ0) is 10.8. The smallest absolute Gasteiger partial charge is 0.181 e. The van der Waals surface area contributed by atoms with Crippen molar-refractivity contribution in [1.82, 2.24) is 15.0 Å². The monoisotopic (exact) mass is 239 g/mol. The topological polar surface area (TPSA) is 38.7 Å². The summed E-state index contributed by atoms with van der Waals surface area (Å²) < 4.78 is 0. The van der Waals surface area contributed by atoms with Crippen molar-refractivity contribution in [2.75, 3.05) is 0 Å². The quantitative estimate of drug-likeness (QED) is 0.718. The summed E-state index contributed by atoms with van der Waals surface area (Å²) in [7, 11) is 0. The maximum atomic E-state index is 5.79. The molecule has 3 nitrogen and oxygen atoms in total. The van der Waals surface area contributed by atoms with Gasteiger partial charge >= 0.3 is 0 Å². The molecule has 0 unspecified atom stereocenters. The molecule has 2 aromatic heterocycles. The minimum Gasteiger partial charge on any atom is -0.253 e. The summed E-state index contributed by atoms with van der Waals surface area (Å²) in [4.78, 5) is 12.3. The Morgan fingerprint density at radius 3 is 2.40 bits per heavy atom. The van der Waals surface area contributed by atoms with Crippen LogP contribution in [0.25, 0.3) is 11.5 Å². The second-order valence-electron chi connectivity index (χ2n) is 3.01. The van der Waals surface area contributed by atoms with E-state index in [0.29, 0.717) is 21.8 Å². The molecule has 2 rings (SSSR count). The summed E-state index contributed by atoms with van der Waals surface area (Å²) in [5.41, 5.74) is 1.68. The average molecular weight is 240 g/mol. The number of hydrogen-bond acceptors (Lipinski definition) is 3. The van der Waals surface area contributed by atoms with Crippen LogP contribution < -0.4 is 0 Å². The molecule has 0 aliphatic carbocycles. The largest absolute Gasteiger partial charge is 0.253 e. The average Bonchev–Trinajstić information content (AvgIpc) is 2.16. The maximum Gasteiger partial charge on any atom is 0.181 e. The highest BCUT2D eigenvalue weighted by atomic mass is 35.5. The summed E-state index contributed by atoms with van der Waals surface area (Å²) in [6, 6.07) is 5.27. The summed E-state index contributed by atoms with van der Waals surface area (Å²) >= 11 is 11.6. The van der Waals surface area contributed by atoms with Crippen molar-refractivity contribution in [2.45, 2.75) is 6.92 Å². The molecule has 0 spiro atoms. The molecule has 15 heavy (non-hydrogen) atoms. The van der Waals surface area contributed by atoms with Crippen LogP contribution >= 0.6 is 23.2 Å². The van der Waals surface area contributed by atoms with Gasteiger partial charge in [0.1, 0.15) is 16.0 Å². The normalized spacial score (nSPS) is 10.3. The van der Waals surface area contributed by atoms with E-state index < -0.39 is 0 Å². The molecule has 0 atom stereocenters. The highest BCUT2D eigenvalue weighted by molar-refractivity contribution is 6.33. The van der Waals surface area contributed by atoms with E-state index in [9.17, 15) is 0 Å². The van der Waals surface area contributed by atoms with Gasteiger partial charge in [0.25, 0.3) is 0 Å². The fourth-order valence-corrected chi connectivity index (χ4v) is 1.64. The van der Waals surface area contributed by atoms with Crippen molar-refractivity contribution in [3.63, 3.8) is 0 Å².